The van der Waals surface area contributed by atoms with E-state index in [1.807, 2.05) is 6.92 Å². The zero-order valence-electron chi connectivity index (χ0n) is 10.8. The van der Waals surface area contributed by atoms with E-state index in [1.165, 1.54) is 0 Å². The average Bonchev–Trinajstić information content (AvgIpc) is 2.43. The molecule has 0 bridgehead atoms. The van der Waals surface area contributed by atoms with Gasteiger partial charge in [-0.2, -0.15) is 0 Å². The number of ether oxygens (including phenoxy) is 2. The second kappa shape index (κ2) is 7.92. The lowest BCUT2D eigenvalue weighted by Crippen LogP contribution is -2.29. The highest BCUT2D eigenvalue weighted by atomic mass is 16.5. The smallest absolute Gasteiger partial charge is 0.258 e. The molecule has 19 heavy (non-hydrogen) atoms. The number of hydrogen-bond acceptors (Lipinski definition) is 4. The molecule has 1 aromatic carbocycles. The fourth-order valence-electron chi connectivity index (χ4n) is 1.42. The lowest BCUT2D eigenvalue weighted by atomic mass is 10.2. The fourth-order valence-corrected chi connectivity index (χ4v) is 1.42. The molecule has 0 radical (unpaired) electrons. The Bertz CT molecular complexity index is 457. The summed E-state index contributed by atoms with van der Waals surface area (Å²) in [5.41, 5.74) is 0.350. The number of benzene rings is 1. The second-order valence-electron chi connectivity index (χ2n) is 3.61. The standard InChI is InChI=1S/C14H17NO4/c1-3-8-15-13(17)10-19-14-11(9-16)6-5-7-12(14)18-4-2/h3,5-7,9H,1,4,8,10H2,2H3,(H,15,17). The number of para-hydroxylation sites is 1. The van der Waals surface area contributed by atoms with E-state index in [0.717, 1.165) is 0 Å². The molecule has 0 saturated carbocycles. The maximum atomic E-state index is 11.4. The Balaban J connectivity index is 2.77. The molecule has 0 aliphatic carbocycles. The van der Waals surface area contributed by atoms with E-state index in [9.17, 15) is 9.59 Å². The van der Waals surface area contributed by atoms with Gasteiger partial charge >= 0.3 is 0 Å². The van der Waals surface area contributed by atoms with Crippen LogP contribution in [0.1, 0.15) is 17.3 Å². The Morgan fingerprint density at radius 1 is 1.42 bits per heavy atom. The Labute approximate surface area is 112 Å². The van der Waals surface area contributed by atoms with Gasteiger partial charge in [0, 0.05) is 6.54 Å². The van der Waals surface area contributed by atoms with E-state index >= 15 is 0 Å². The van der Waals surface area contributed by atoms with Gasteiger partial charge in [-0.1, -0.05) is 12.1 Å². The summed E-state index contributed by atoms with van der Waals surface area (Å²) in [5.74, 6) is 0.444. The van der Waals surface area contributed by atoms with Crippen molar-refractivity contribution in [2.24, 2.45) is 0 Å². The van der Waals surface area contributed by atoms with Crippen molar-refractivity contribution in [3.63, 3.8) is 0 Å². The summed E-state index contributed by atoms with van der Waals surface area (Å²) in [5, 5.41) is 2.58. The molecule has 0 saturated heterocycles. The van der Waals surface area contributed by atoms with Gasteiger partial charge in [0.25, 0.3) is 5.91 Å². The third-order valence-corrected chi connectivity index (χ3v) is 2.23. The summed E-state index contributed by atoms with van der Waals surface area (Å²) in [6.45, 7) is 5.96. The first-order chi connectivity index (χ1) is 9.22. The molecule has 5 nitrogen and oxygen atoms in total. The summed E-state index contributed by atoms with van der Waals surface area (Å²) in [7, 11) is 0. The molecule has 0 fully saturated rings. The molecule has 0 aliphatic heterocycles. The van der Waals surface area contributed by atoms with Gasteiger partial charge in [-0.25, -0.2) is 0 Å². The molecule has 0 atom stereocenters. The van der Waals surface area contributed by atoms with Gasteiger partial charge in [0.2, 0.25) is 0 Å². The van der Waals surface area contributed by atoms with E-state index in [1.54, 1.807) is 24.3 Å². The third-order valence-electron chi connectivity index (χ3n) is 2.23. The Morgan fingerprint density at radius 2 is 2.21 bits per heavy atom. The van der Waals surface area contributed by atoms with Crippen molar-refractivity contribution in [3.05, 3.63) is 36.4 Å². The van der Waals surface area contributed by atoms with Crippen LogP contribution in [-0.2, 0) is 4.79 Å². The van der Waals surface area contributed by atoms with Crippen molar-refractivity contribution >= 4 is 12.2 Å². The Hall–Kier alpha value is -2.30. The van der Waals surface area contributed by atoms with Crippen LogP contribution < -0.4 is 14.8 Å². The third kappa shape index (κ3) is 4.46. The van der Waals surface area contributed by atoms with Crippen LogP contribution in [0, 0.1) is 0 Å². The van der Waals surface area contributed by atoms with E-state index in [0.29, 0.717) is 30.8 Å². The molecule has 0 heterocycles. The predicted octanol–water partition coefficient (Wildman–Crippen LogP) is 1.58. The number of aldehydes is 1. The van der Waals surface area contributed by atoms with Crippen LogP contribution in [0.25, 0.3) is 0 Å². The normalized spacial score (nSPS) is 9.53. The Morgan fingerprint density at radius 3 is 2.84 bits per heavy atom. The number of carbonyl (C=O) groups is 2. The topological polar surface area (TPSA) is 64.6 Å². The highest BCUT2D eigenvalue weighted by Gasteiger charge is 2.12. The van der Waals surface area contributed by atoms with Gasteiger partial charge < -0.3 is 14.8 Å². The van der Waals surface area contributed by atoms with E-state index in [4.69, 9.17) is 9.47 Å². The van der Waals surface area contributed by atoms with Crippen LogP contribution in [0.5, 0.6) is 11.5 Å². The number of amides is 1. The van der Waals surface area contributed by atoms with Crippen LogP contribution in [0.2, 0.25) is 0 Å². The van der Waals surface area contributed by atoms with E-state index in [-0.39, 0.29) is 18.3 Å². The molecule has 5 heteroatoms. The van der Waals surface area contributed by atoms with Crippen molar-refractivity contribution in [1.82, 2.24) is 5.32 Å². The molecule has 1 rings (SSSR count). The maximum absolute atomic E-state index is 11.4. The summed E-state index contributed by atoms with van der Waals surface area (Å²) in [4.78, 5) is 22.4. The number of hydrogen-bond donors (Lipinski definition) is 1. The fraction of sp³-hybridized carbons (Fsp3) is 0.286. The zero-order valence-corrected chi connectivity index (χ0v) is 10.8. The molecular weight excluding hydrogens is 246 g/mol. The Kier molecular flexibility index (Phi) is 6.15. The molecule has 0 spiro atoms. The van der Waals surface area contributed by atoms with Gasteiger partial charge in [0.15, 0.2) is 24.4 Å². The van der Waals surface area contributed by atoms with Crippen molar-refractivity contribution in [2.75, 3.05) is 19.8 Å². The molecule has 1 aromatic rings. The number of rotatable bonds is 8. The van der Waals surface area contributed by atoms with Gasteiger partial charge in [0.1, 0.15) is 0 Å². The molecular formula is C14H17NO4. The van der Waals surface area contributed by atoms with Crippen LogP contribution >= 0.6 is 0 Å². The first-order valence-corrected chi connectivity index (χ1v) is 5.94. The van der Waals surface area contributed by atoms with E-state index < -0.39 is 0 Å². The zero-order chi connectivity index (χ0) is 14.1. The van der Waals surface area contributed by atoms with Crippen molar-refractivity contribution in [2.45, 2.75) is 6.92 Å². The quantitative estimate of drug-likeness (QED) is 0.571. The van der Waals surface area contributed by atoms with Gasteiger partial charge in [0.05, 0.1) is 12.2 Å². The van der Waals surface area contributed by atoms with Gasteiger partial charge in [-0.05, 0) is 19.1 Å². The molecule has 0 aliphatic rings. The monoisotopic (exact) mass is 263 g/mol. The molecule has 0 aromatic heterocycles. The maximum Gasteiger partial charge on any atom is 0.258 e. The van der Waals surface area contributed by atoms with Crippen molar-refractivity contribution < 1.29 is 19.1 Å². The molecule has 102 valence electrons. The van der Waals surface area contributed by atoms with Gasteiger partial charge in [-0.15, -0.1) is 6.58 Å². The molecule has 1 N–H and O–H groups in total. The lowest BCUT2D eigenvalue weighted by Gasteiger charge is -2.13. The predicted molar refractivity (Wildman–Crippen MR) is 71.7 cm³/mol. The summed E-state index contributed by atoms with van der Waals surface area (Å²) in [6, 6.07) is 4.99. The molecule has 0 unspecified atom stereocenters. The van der Waals surface area contributed by atoms with Crippen LogP contribution in [-0.4, -0.2) is 32.0 Å². The summed E-state index contributed by atoms with van der Waals surface area (Å²) >= 11 is 0. The SMILES string of the molecule is C=CCNC(=O)COc1c(C=O)cccc1OCC. The van der Waals surface area contributed by atoms with Gasteiger partial charge in [-0.3, -0.25) is 9.59 Å². The minimum Gasteiger partial charge on any atom is -0.490 e. The van der Waals surface area contributed by atoms with E-state index in [2.05, 4.69) is 11.9 Å². The number of nitrogens with one attached hydrogen (secondary N) is 1. The second-order valence-corrected chi connectivity index (χ2v) is 3.61. The van der Waals surface area contributed by atoms with Crippen LogP contribution in [0.3, 0.4) is 0 Å². The highest BCUT2D eigenvalue weighted by Crippen LogP contribution is 2.30. The first-order valence-electron chi connectivity index (χ1n) is 5.94. The van der Waals surface area contributed by atoms with Crippen molar-refractivity contribution in [3.8, 4) is 11.5 Å². The largest absolute Gasteiger partial charge is 0.490 e. The number of carbonyl (C=O) groups excluding carboxylic acids is 2. The lowest BCUT2D eigenvalue weighted by molar-refractivity contribution is -0.122. The summed E-state index contributed by atoms with van der Waals surface area (Å²) in [6.07, 6.45) is 2.24. The minimum atomic E-state index is -0.289. The average molecular weight is 263 g/mol. The molecule has 1 amide bonds. The summed E-state index contributed by atoms with van der Waals surface area (Å²) < 4.78 is 10.7. The minimum absolute atomic E-state index is 0.182. The highest BCUT2D eigenvalue weighted by molar-refractivity contribution is 5.82. The first kappa shape index (κ1) is 14.8. The van der Waals surface area contributed by atoms with Crippen LogP contribution in [0.15, 0.2) is 30.9 Å². The van der Waals surface area contributed by atoms with Crippen LogP contribution in [0.4, 0.5) is 0 Å². The van der Waals surface area contributed by atoms with Crippen molar-refractivity contribution in [1.29, 1.82) is 0 Å².